The second-order valence-electron chi connectivity index (χ2n) is 3.21. The summed E-state index contributed by atoms with van der Waals surface area (Å²) in [7, 11) is 0. The van der Waals surface area contributed by atoms with Crippen LogP contribution < -0.4 is 11.1 Å². The van der Waals surface area contributed by atoms with Gasteiger partial charge in [-0.15, -0.1) is 0 Å². The number of hydrogen-bond acceptors (Lipinski definition) is 3. The molecule has 0 aliphatic carbocycles. The maximum atomic E-state index is 5.79. The number of halogens is 1. The van der Waals surface area contributed by atoms with E-state index >= 15 is 0 Å². The van der Waals surface area contributed by atoms with E-state index in [1.807, 2.05) is 19.1 Å². The molecule has 0 aliphatic heterocycles. The molecule has 0 spiro atoms. The lowest BCUT2D eigenvalue weighted by atomic mass is 10.2. The molecular formula is C11H17ClN2O. The topological polar surface area (TPSA) is 47.3 Å². The third kappa shape index (κ3) is 4.40. The minimum absolute atomic E-state index is 0.660. The standard InChI is InChI=1S/C11H17ClN2O/c1-2-15-7-3-6-14-11-5-4-9(12)8-10(11)13/h4-5,8,14H,2-3,6-7,13H2,1H3. The summed E-state index contributed by atoms with van der Waals surface area (Å²) in [5.41, 5.74) is 7.39. The average Bonchev–Trinajstić information content (AvgIpc) is 2.20. The third-order valence-electron chi connectivity index (χ3n) is 2.00. The molecule has 0 saturated heterocycles. The van der Waals surface area contributed by atoms with Gasteiger partial charge in [0.15, 0.2) is 0 Å². The number of benzene rings is 1. The van der Waals surface area contributed by atoms with E-state index in [9.17, 15) is 0 Å². The number of rotatable bonds is 6. The molecule has 1 rings (SSSR count). The van der Waals surface area contributed by atoms with Crippen LogP contribution in [-0.4, -0.2) is 19.8 Å². The summed E-state index contributed by atoms with van der Waals surface area (Å²) in [6, 6.07) is 5.45. The van der Waals surface area contributed by atoms with E-state index < -0.39 is 0 Å². The van der Waals surface area contributed by atoms with Crippen LogP contribution in [0.4, 0.5) is 11.4 Å². The highest BCUT2D eigenvalue weighted by Gasteiger charge is 1.98. The molecule has 0 bridgehead atoms. The number of hydrogen-bond donors (Lipinski definition) is 2. The first-order valence-electron chi connectivity index (χ1n) is 5.10. The molecule has 1 aromatic carbocycles. The largest absolute Gasteiger partial charge is 0.397 e. The SMILES string of the molecule is CCOCCCNc1ccc(Cl)cc1N. The van der Waals surface area contributed by atoms with Crippen LogP contribution in [0.15, 0.2) is 18.2 Å². The fourth-order valence-electron chi connectivity index (χ4n) is 1.24. The first-order valence-corrected chi connectivity index (χ1v) is 5.48. The number of nitrogen functional groups attached to an aromatic ring is 1. The lowest BCUT2D eigenvalue weighted by Crippen LogP contribution is -2.07. The van der Waals surface area contributed by atoms with Gasteiger partial charge in [-0.3, -0.25) is 0 Å². The smallest absolute Gasteiger partial charge is 0.0574 e. The maximum absolute atomic E-state index is 5.79. The van der Waals surface area contributed by atoms with Crippen molar-refractivity contribution in [1.82, 2.24) is 0 Å². The van der Waals surface area contributed by atoms with Gasteiger partial charge in [-0.05, 0) is 31.5 Å². The molecule has 15 heavy (non-hydrogen) atoms. The molecule has 0 aliphatic rings. The number of anilines is 2. The number of nitrogens with two attached hydrogens (primary N) is 1. The zero-order valence-corrected chi connectivity index (χ0v) is 9.68. The molecule has 84 valence electrons. The lowest BCUT2D eigenvalue weighted by molar-refractivity contribution is 0.147. The average molecular weight is 229 g/mol. The maximum Gasteiger partial charge on any atom is 0.0574 e. The van der Waals surface area contributed by atoms with Gasteiger partial charge in [0.2, 0.25) is 0 Å². The monoisotopic (exact) mass is 228 g/mol. The van der Waals surface area contributed by atoms with Gasteiger partial charge in [-0.1, -0.05) is 11.6 Å². The molecule has 0 heterocycles. The quantitative estimate of drug-likeness (QED) is 0.582. The van der Waals surface area contributed by atoms with Crippen molar-refractivity contribution in [3.8, 4) is 0 Å². The Kier molecular flexibility index (Phi) is 5.29. The van der Waals surface area contributed by atoms with Crippen molar-refractivity contribution in [2.45, 2.75) is 13.3 Å². The van der Waals surface area contributed by atoms with Crippen LogP contribution in [0, 0.1) is 0 Å². The first kappa shape index (κ1) is 12.1. The predicted molar refractivity (Wildman–Crippen MR) is 65.5 cm³/mol. The van der Waals surface area contributed by atoms with Gasteiger partial charge in [-0.2, -0.15) is 0 Å². The molecular weight excluding hydrogens is 212 g/mol. The molecule has 0 fully saturated rings. The molecule has 0 unspecified atom stereocenters. The Morgan fingerprint density at radius 2 is 2.27 bits per heavy atom. The zero-order valence-electron chi connectivity index (χ0n) is 8.92. The molecule has 0 aromatic heterocycles. The Morgan fingerprint density at radius 3 is 2.93 bits per heavy atom. The van der Waals surface area contributed by atoms with Gasteiger partial charge in [0.25, 0.3) is 0 Å². The summed E-state index contributed by atoms with van der Waals surface area (Å²) in [6.45, 7) is 4.39. The molecule has 3 N–H and O–H groups in total. The van der Waals surface area contributed by atoms with Crippen LogP contribution in [0.5, 0.6) is 0 Å². The van der Waals surface area contributed by atoms with Crippen LogP contribution in [0.25, 0.3) is 0 Å². The van der Waals surface area contributed by atoms with Crippen LogP contribution in [0.1, 0.15) is 13.3 Å². The summed E-state index contributed by atoms with van der Waals surface area (Å²) >= 11 is 5.79. The van der Waals surface area contributed by atoms with E-state index in [4.69, 9.17) is 22.1 Å². The normalized spacial score (nSPS) is 10.3. The second kappa shape index (κ2) is 6.53. The van der Waals surface area contributed by atoms with Crippen molar-refractivity contribution in [3.63, 3.8) is 0 Å². The van der Waals surface area contributed by atoms with Gasteiger partial charge in [0.05, 0.1) is 11.4 Å². The number of ether oxygens (including phenoxy) is 1. The highest BCUT2D eigenvalue weighted by atomic mass is 35.5. The van der Waals surface area contributed by atoms with Crippen molar-refractivity contribution in [2.75, 3.05) is 30.8 Å². The molecule has 0 atom stereocenters. The van der Waals surface area contributed by atoms with Gasteiger partial charge < -0.3 is 15.8 Å². The van der Waals surface area contributed by atoms with E-state index in [-0.39, 0.29) is 0 Å². The molecule has 1 aromatic rings. The summed E-state index contributed by atoms with van der Waals surface area (Å²) < 4.78 is 5.23. The Hall–Kier alpha value is -0.930. The molecule has 0 saturated carbocycles. The highest BCUT2D eigenvalue weighted by Crippen LogP contribution is 2.22. The molecule has 4 heteroatoms. The second-order valence-corrected chi connectivity index (χ2v) is 3.65. The van der Waals surface area contributed by atoms with E-state index in [1.54, 1.807) is 6.07 Å². The van der Waals surface area contributed by atoms with E-state index in [0.29, 0.717) is 10.7 Å². The fourth-order valence-corrected chi connectivity index (χ4v) is 1.42. The van der Waals surface area contributed by atoms with Crippen molar-refractivity contribution in [1.29, 1.82) is 0 Å². The molecule has 0 amide bonds. The first-order chi connectivity index (χ1) is 7.24. The van der Waals surface area contributed by atoms with Crippen molar-refractivity contribution in [3.05, 3.63) is 23.2 Å². The van der Waals surface area contributed by atoms with Gasteiger partial charge in [0, 0.05) is 24.8 Å². The summed E-state index contributed by atoms with van der Waals surface area (Å²) in [5, 5.41) is 3.90. The fraction of sp³-hybridized carbons (Fsp3) is 0.455. The Bertz CT molecular complexity index is 305. The van der Waals surface area contributed by atoms with Gasteiger partial charge in [0.1, 0.15) is 0 Å². The Labute approximate surface area is 95.6 Å². The van der Waals surface area contributed by atoms with Crippen LogP contribution in [0.2, 0.25) is 5.02 Å². The van der Waals surface area contributed by atoms with Crippen molar-refractivity contribution >= 4 is 23.0 Å². The highest BCUT2D eigenvalue weighted by molar-refractivity contribution is 6.31. The molecule has 3 nitrogen and oxygen atoms in total. The summed E-state index contributed by atoms with van der Waals surface area (Å²) in [6.07, 6.45) is 0.968. The van der Waals surface area contributed by atoms with Crippen LogP contribution in [-0.2, 0) is 4.74 Å². The third-order valence-corrected chi connectivity index (χ3v) is 2.23. The van der Waals surface area contributed by atoms with E-state index in [2.05, 4.69) is 5.32 Å². The minimum Gasteiger partial charge on any atom is -0.397 e. The van der Waals surface area contributed by atoms with E-state index in [1.165, 1.54) is 0 Å². The molecule has 0 radical (unpaired) electrons. The summed E-state index contributed by atoms with van der Waals surface area (Å²) in [5.74, 6) is 0. The zero-order chi connectivity index (χ0) is 11.1. The van der Waals surface area contributed by atoms with Gasteiger partial charge in [-0.25, -0.2) is 0 Å². The summed E-state index contributed by atoms with van der Waals surface area (Å²) in [4.78, 5) is 0. The Morgan fingerprint density at radius 1 is 1.47 bits per heavy atom. The Balaban J connectivity index is 2.31. The lowest BCUT2D eigenvalue weighted by Gasteiger charge is -2.09. The van der Waals surface area contributed by atoms with Crippen molar-refractivity contribution < 1.29 is 4.74 Å². The minimum atomic E-state index is 0.660. The van der Waals surface area contributed by atoms with Crippen molar-refractivity contribution in [2.24, 2.45) is 0 Å². The van der Waals surface area contributed by atoms with Crippen LogP contribution >= 0.6 is 11.6 Å². The van der Waals surface area contributed by atoms with Crippen LogP contribution in [0.3, 0.4) is 0 Å². The van der Waals surface area contributed by atoms with Gasteiger partial charge >= 0.3 is 0 Å². The predicted octanol–water partition coefficient (Wildman–Crippen LogP) is 2.76. The van der Waals surface area contributed by atoms with E-state index in [0.717, 1.165) is 31.9 Å². The number of nitrogens with one attached hydrogen (secondary N) is 1.